The van der Waals surface area contributed by atoms with Gasteiger partial charge in [-0.15, -0.1) is 11.6 Å². The molecule has 0 saturated heterocycles. The first-order valence-corrected chi connectivity index (χ1v) is 7.75. The van der Waals surface area contributed by atoms with Crippen LogP contribution in [0.1, 0.15) is 28.5 Å². The Labute approximate surface area is 136 Å². The van der Waals surface area contributed by atoms with Gasteiger partial charge < -0.3 is 4.74 Å². The third kappa shape index (κ3) is 3.60. The Kier molecular flexibility index (Phi) is 5.31. The van der Waals surface area contributed by atoms with Crippen molar-refractivity contribution >= 4 is 33.5 Å². The number of carbonyl (C=O) groups is 1. The van der Waals surface area contributed by atoms with Gasteiger partial charge in [0.1, 0.15) is 5.56 Å². The van der Waals surface area contributed by atoms with Crippen LogP contribution in [0.2, 0.25) is 0 Å². The molecule has 1 aromatic heterocycles. The fraction of sp³-hybridized carbons (Fsp3) is 0.267. The SMILES string of the molecule is CCOC(=O)c1cnc(-c2ccc(Br)cc2C)nc1CCl. The Morgan fingerprint density at radius 1 is 1.43 bits per heavy atom. The van der Waals surface area contributed by atoms with Crippen molar-refractivity contribution in [2.24, 2.45) is 0 Å². The zero-order valence-corrected chi connectivity index (χ0v) is 14.0. The number of halogens is 2. The maximum Gasteiger partial charge on any atom is 0.341 e. The zero-order chi connectivity index (χ0) is 15.4. The Morgan fingerprint density at radius 2 is 2.19 bits per heavy atom. The number of esters is 1. The molecular weight excluding hydrogens is 356 g/mol. The van der Waals surface area contributed by atoms with E-state index < -0.39 is 5.97 Å². The van der Waals surface area contributed by atoms with Gasteiger partial charge in [-0.3, -0.25) is 0 Å². The highest BCUT2D eigenvalue weighted by atomic mass is 79.9. The van der Waals surface area contributed by atoms with E-state index in [0.717, 1.165) is 15.6 Å². The topological polar surface area (TPSA) is 52.1 Å². The Hall–Kier alpha value is -1.46. The van der Waals surface area contributed by atoms with Crippen LogP contribution in [0.3, 0.4) is 0 Å². The second-order valence-corrected chi connectivity index (χ2v) is 5.55. The van der Waals surface area contributed by atoms with Crippen LogP contribution in [0.25, 0.3) is 11.4 Å². The highest BCUT2D eigenvalue weighted by Gasteiger charge is 2.16. The van der Waals surface area contributed by atoms with Gasteiger partial charge in [0.05, 0.1) is 18.2 Å². The van der Waals surface area contributed by atoms with Crippen LogP contribution >= 0.6 is 27.5 Å². The lowest BCUT2D eigenvalue weighted by molar-refractivity contribution is 0.0524. The lowest BCUT2D eigenvalue weighted by Gasteiger charge is -2.09. The molecule has 1 aromatic carbocycles. The monoisotopic (exact) mass is 368 g/mol. The molecule has 0 aliphatic heterocycles. The normalized spacial score (nSPS) is 10.5. The van der Waals surface area contributed by atoms with Crippen molar-refractivity contribution in [1.29, 1.82) is 0 Å². The summed E-state index contributed by atoms with van der Waals surface area (Å²) in [5.74, 6) is 0.218. The van der Waals surface area contributed by atoms with Gasteiger partial charge in [0.25, 0.3) is 0 Å². The molecule has 0 aliphatic rings. The summed E-state index contributed by atoms with van der Waals surface area (Å²) in [6, 6.07) is 5.83. The van der Waals surface area contributed by atoms with Gasteiger partial charge in [-0.1, -0.05) is 15.9 Å². The molecule has 21 heavy (non-hydrogen) atoms. The van der Waals surface area contributed by atoms with E-state index in [4.69, 9.17) is 16.3 Å². The smallest absolute Gasteiger partial charge is 0.341 e. The van der Waals surface area contributed by atoms with Crippen LogP contribution < -0.4 is 0 Å². The highest BCUT2D eigenvalue weighted by molar-refractivity contribution is 9.10. The van der Waals surface area contributed by atoms with E-state index in [0.29, 0.717) is 23.7 Å². The van der Waals surface area contributed by atoms with Crippen LogP contribution in [-0.2, 0) is 10.6 Å². The minimum atomic E-state index is -0.452. The van der Waals surface area contributed by atoms with Crippen LogP contribution in [0.4, 0.5) is 0 Å². The van der Waals surface area contributed by atoms with Gasteiger partial charge in [0.2, 0.25) is 0 Å². The molecule has 0 radical (unpaired) electrons. The van der Waals surface area contributed by atoms with Crippen molar-refractivity contribution in [3.8, 4) is 11.4 Å². The van der Waals surface area contributed by atoms with Gasteiger partial charge in [-0.25, -0.2) is 14.8 Å². The van der Waals surface area contributed by atoms with Crippen LogP contribution in [0.5, 0.6) is 0 Å². The van der Waals surface area contributed by atoms with Crippen molar-refractivity contribution in [3.05, 3.63) is 45.7 Å². The number of aryl methyl sites for hydroxylation is 1. The number of aromatic nitrogens is 2. The molecule has 0 fully saturated rings. The first-order chi connectivity index (χ1) is 10.1. The molecule has 0 unspecified atom stereocenters. The number of ether oxygens (including phenoxy) is 1. The second kappa shape index (κ2) is 7.00. The Balaban J connectivity index is 2.45. The van der Waals surface area contributed by atoms with E-state index in [1.165, 1.54) is 6.20 Å². The van der Waals surface area contributed by atoms with E-state index >= 15 is 0 Å². The fourth-order valence-corrected chi connectivity index (χ4v) is 2.59. The number of benzene rings is 1. The summed E-state index contributed by atoms with van der Waals surface area (Å²) < 4.78 is 5.96. The van der Waals surface area contributed by atoms with Crippen LogP contribution in [0, 0.1) is 6.92 Å². The van der Waals surface area contributed by atoms with Gasteiger partial charge >= 0.3 is 5.97 Å². The van der Waals surface area contributed by atoms with Crippen molar-refractivity contribution in [1.82, 2.24) is 9.97 Å². The summed E-state index contributed by atoms with van der Waals surface area (Å²) in [4.78, 5) is 20.5. The van der Waals surface area contributed by atoms with E-state index in [-0.39, 0.29) is 5.88 Å². The second-order valence-electron chi connectivity index (χ2n) is 4.37. The van der Waals surface area contributed by atoms with Gasteiger partial charge in [-0.2, -0.15) is 0 Å². The molecule has 0 spiro atoms. The van der Waals surface area contributed by atoms with E-state index in [2.05, 4.69) is 25.9 Å². The molecule has 0 saturated carbocycles. The fourth-order valence-electron chi connectivity index (χ4n) is 1.91. The van der Waals surface area contributed by atoms with E-state index in [9.17, 15) is 4.79 Å². The van der Waals surface area contributed by atoms with Crippen molar-refractivity contribution in [3.63, 3.8) is 0 Å². The first-order valence-electron chi connectivity index (χ1n) is 6.42. The van der Waals surface area contributed by atoms with Crippen LogP contribution in [0.15, 0.2) is 28.9 Å². The Morgan fingerprint density at radius 3 is 2.81 bits per heavy atom. The summed E-state index contributed by atoms with van der Waals surface area (Å²) in [7, 11) is 0. The van der Waals surface area contributed by atoms with Gasteiger partial charge in [0.15, 0.2) is 5.82 Å². The summed E-state index contributed by atoms with van der Waals surface area (Å²) in [6.45, 7) is 4.02. The largest absolute Gasteiger partial charge is 0.462 e. The molecule has 4 nitrogen and oxygen atoms in total. The van der Waals surface area contributed by atoms with Gasteiger partial charge in [0, 0.05) is 16.2 Å². The maximum atomic E-state index is 11.8. The molecule has 0 N–H and O–H groups in total. The quantitative estimate of drug-likeness (QED) is 0.600. The maximum absolute atomic E-state index is 11.8. The average molecular weight is 370 g/mol. The number of hydrogen-bond acceptors (Lipinski definition) is 4. The molecule has 110 valence electrons. The molecule has 2 aromatic rings. The summed E-state index contributed by atoms with van der Waals surface area (Å²) >= 11 is 9.32. The molecule has 0 bridgehead atoms. The summed E-state index contributed by atoms with van der Waals surface area (Å²) in [6.07, 6.45) is 1.47. The predicted octanol–water partition coefficient (Wildman–Crippen LogP) is 4.13. The highest BCUT2D eigenvalue weighted by Crippen LogP contribution is 2.24. The molecule has 6 heteroatoms. The molecular formula is C15H14BrClN2O2. The number of hydrogen-bond donors (Lipinski definition) is 0. The number of nitrogens with zero attached hydrogens (tertiary/aromatic N) is 2. The van der Waals surface area contributed by atoms with Crippen LogP contribution in [-0.4, -0.2) is 22.5 Å². The number of rotatable bonds is 4. The van der Waals surface area contributed by atoms with E-state index in [1.54, 1.807) is 6.92 Å². The minimum absolute atomic E-state index is 0.124. The lowest BCUT2D eigenvalue weighted by atomic mass is 10.1. The summed E-state index contributed by atoms with van der Waals surface area (Å²) in [5, 5.41) is 0. The molecule has 2 rings (SSSR count). The van der Waals surface area contributed by atoms with Crippen molar-refractivity contribution in [2.75, 3.05) is 6.61 Å². The first kappa shape index (κ1) is 15.9. The number of carbonyl (C=O) groups excluding carboxylic acids is 1. The third-order valence-electron chi connectivity index (χ3n) is 2.92. The zero-order valence-electron chi connectivity index (χ0n) is 11.7. The standard InChI is InChI=1S/C15H14BrClN2O2/c1-3-21-15(20)12-8-18-14(19-13(12)7-17)11-5-4-10(16)6-9(11)2/h4-6,8H,3,7H2,1-2H3. The molecule has 0 amide bonds. The molecule has 0 aliphatic carbocycles. The Bertz CT molecular complexity index is 677. The molecule has 0 atom stereocenters. The van der Waals surface area contributed by atoms with Gasteiger partial charge in [-0.05, 0) is 37.6 Å². The van der Waals surface area contributed by atoms with Crippen molar-refractivity contribution < 1.29 is 9.53 Å². The van der Waals surface area contributed by atoms with E-state index in [1.807, 2.05) is 25.1 Å². The minimum Gasteiger partial charge on any atom is -0.462 e. The molecule has 1 heterocycles. The summed E-state index contributed by atoms with van der Waals surface area (Å²) in [5.41, 5.74) is 2.72. The predicted molar refractivity (Wildman–Crippen MR) is 85.4 cm³/mol. The van der Waals surface area contributed by atoms with Crippen molar-refractivity contribution in [2.45, 2.75) is 19.7 Å². The third-order valence-corrected chi connectivity index (χ3v) is 3.67. The average Bonchev–Trinajstić information content (AvgIpc) is 2.47. The lowest BCUT2D eigenvalue weighted by Crippen LogP contribution is -2.10. The number of alkyl halides is 1.